The smallest absolute Gasteiger partial charge is 0.291 e. The molecule has 1 aromatic carbocycles. The molecule has 0 unspecified atom stereocenters. The van der Waals surface area contributed by atoms with Crippen LogP contribution in [0.3, 0.4) is 0 Å². The van der Waals surface area contributed by atoms with Crippen molar-refractivity contribution in [3.8, 4) is 0 Å². The fourth-order valence-corrected chi connectivity index (χ4v) is 2.95. The van der Waals surface area contributed by atoms with E-state index in [0.29, 0.717) is 16.5 Å². The maximum Gasteiger partial charge on any atom is 0.291 e. The van der Waals surface area contributed by atoms with E-state index in [4.69, 9.17) is 16.1 Å². The zero-order valence-electron chi connectivity index (χ0n) is 14.0. The molecule has 0 atom stereocenters. The maximum atomic E-state index is 12.5. The number of benzene rings is 1. The van der Waals surface area contributed by atoms with Gasteiger partial charge in [-0.3, -0.25) is 9.59 Å². The molecule has 2 aromatic rings. The van der Waals surface area contributed by atoms with E-state index in [0.717, 1.165) is 4.90 Å². The molecule has 2 N–H and O–H groups in total. The molecule has 2 rings (SSSR count). The molecular weight excluding hydrogens is 374 g/mol. The quantitative estimate of drug-likeness (QED) is 0.505. The molecule has 136 valence electrons. The van der Waals surface area contributed by atoms with Gasteiger partial charge in [-0.25, -0.2) is 0 Å². The summed E-state index contributed by atoms with van der Waals surface area (Å²) in [7, 11) is 0. The Morgan fingerprint density at radius 1 is 1.12 bits per heavy atom. The van der Waals surface area contributed by atoms with Crippen molar-refractivity contribution in [2.45, 2.75) is 10.6 Å². The van der Waals surface area contributed by atoms with Gasteiger partial charge in [0.2, 0.25) is 5.76 Å². The van der Waals surface area contributed by atoms with Gasteiger partial charge < -0.3 is 15.2 Å². The molecule has 6 nitrogen and oxygen atoms in total. The van der Waals surface area contributed by atoms with E-state index in [-0.39, 0.29) is 24.4 Å². The third-order valence-electron chi connectivity index (χ3n) is 3.20. The van der Waals surface area contributed by atoms with Crippen LogP contribution in [0.4, 0.5) is 0 Å². The van der Waals surface area contributed by atoms with Gasteiger partial charge in [-0.15, -0.1) is 24.9 Å². The molecule has 0 saturated carbocycles. The van der Waals surface area contributed by atoms with Crippen molar-refractivity contribution in [3.63, 3.8) is 0 Å². The molecule has 0 saturated heterocycles. The zero-order chi connectivity index (χ0) is 18.9. The van der Waals surface area contributed by atoms with Gasteiger partial charge in [-0.2, -0.15) is 0 Å². The molecule has 0 spiro atoms. The number of hydrogen-bond acceptors (Lipinski definition) is 5. The lowest BCUT2D eigenvalue weighted by molar-refractivity contribution is 0.0896. The van der Waals surface area contributed by atoms with E-state index in [9.17, 15) is 9.59 Å². The van der Waals surface area contributed by atoms with Crippen molar-refractivity contribution >= 4 is 35.2 Å². The van der Waals surface area contributed by atoms with E-state index in [1.54, 1.807) is 18.2 Å². The van der Waals surface area contributed by atoms with Crippen LogP contribution in [0.15, 0.2) is 59.0 Å². The number of aromatic nitrogens is 1. The van der Waals surface area contributed by atoms with E-state index < -0.39 is 11.8 Å². The number of hydrogen-bond donors (Lipinski definition) is 2. The number of halogens is 1. The Kier molecular flexibility index (Phi) is 7.50. The van der Waals surface area contributed by atoms with Crippen molar-refractivity contribution in [1.82, 2.24) is 15.8 Å². The van der Waals surface area contributed by atoms with Crippen molar-refractivity contribution in [2.24, 2.45) is 0 Å². The first-order valence-electron chi connectivity index (χ1n) is 7.72. The predicted molar refractivity (Wildman–Crippen MR) is 103 cm³/mol. The van der Waals surface area contributed by atoms with E-state index in [1.165, 1.54) is 17.8 Å². The first-order chi connectivity index (χ1) is 12.6. The van der Waals surface area contributed by atoms with Crippen LogP contribution in [-0.2, 0) is 5.75 Å². The largest absolute Gasteiger partial charge is 0.350 e. The first kappa shape index (κ1) is 19.8. The number of amides is 2. The highest BCUT2D eigenvalue weighted by atomic mass is 35.5. The number of nitrogens with one attached hydrogen (secondary N) is 2. The fraction of sp³-hybridized carbons (Fsp3) is 0.167. The molecule has 0 aliphatic heterocycles. The molecule has 0 aliphatic rings. The summed E-state index contributed by atoms with van der Waals surface area (Å²) in [5.41, 5.74) is 0.505. The zero-order valence-corrected chi connectivity index (χ0v) is 15.5. The van der Waals surface area contributed by atoms with Crippen molar-refractivity contribution in [3.05, 3.63) is 71.6 Å². The van der Waals surface area contributed by atoms with Crippen molar-refractivity contribution < 1.29 is 14.1 Å². The first-order valence-corrected chi connectivity index (χ1v) is 9.08. The second kappa shape index (κ2) is 9.84. The van der Waals surface area contributed by atoms with E-state index in [2.05, 4.69) is 28.9 Å². The molecule has 1 heterocycles. The van der Waals surface area contributed by atoms with Crippen LogP contribution in [0.5, 0.6) is 0 Å². The lowest BCUT2D eigenvalue weighted by Crippen LogP contribution is -2.29. The second-order valence-corrected chi connectivity index (χ2v) is 6.56. The maximum absolute atomic E-state index is 12.5. The molecule has 26 heavy (non-hydrogen) atoms. The van der Waals surface area contributed by atoms with Crippen molar-refractivity contribution in [1.29, 1.82) is 0 Å². The van der Waals surface area contributed by atoms with Crippen LogP contribution in [0, 0.1) is 0 Å². The number of carbonyl (C=O) groups is 2. The number of rotatable bonds is 9. The Bertz CT molecular complexity index is 803. The SMILES string of the molecule is C=CCNC(=O)c1onc(CSc2ccc(Cl)cc2)c1C(=O)NCC=C. The summed E-state index contributed by atoms with van der Waals surface area (Å²) in [5.74, 6) is -0.734. The van der Waals surface area contributed by atoms with Gasteiger partial charge in [0.05, 0.1) is 0 Å². The third-order valence-corrected chi connectivity index (χ3v) is 4.47. The van der Waals surface area contributed by atoms with Gasteiger partial charge in [0.15, 0.2) is 0 Å². The Morgan fingerprint density at radius 3 is 2.35 bits per heavy atom. The normalized spacial score (nSPS) is 10.2. The van der Waals surface area contributed by atoms with Crippen LogP contribution >= 0.6 is 23.4 Å². The summed E-state index contributed by atoms with van der Waals surface area (Å²) < 4.78 is 5.15. The summed E-state index contributed by atoms with van der Waals surface area (Å²) in [6, 6.07) is 7.28. The van der Waals surface area contributed by atoms with Gasteiger partial charge in [0.1, 0.15) is 11.3 Å². The van der Waals surface area contributed by atoms with Crippen LogP contribution in [0.1, 0.15) is 26.6 Å². The summed E-state index contributed by atoms with van der Waals surface area (Å²) >= 11 is 7.33. The van der Waals surface area contributed by atoms with Gasteiger partial charge >= 0.3 is 0 Å². The number of nitrogens with zero attached hydrogens (tertiary/aromatic N) is 1. The standard InChI is InChI=1S/C18H18ClN3O3S/c1-3-9-20-17(23)15-14(11-26-13-7-5-12(19)6-8-13)22-25-16(15)18(24)21-10-4-2/h3-8H,1-2,9-11H2,(H,20,23)(H,21,24). The van der Waals surface area contributed by atoms with Gasteiger partial charge in [0.25, 0.3) is 11.8 Å². The third kappa shape index (κ3) is 5.24. The van der Waals surface area contributed by atoms with E-state index in [1.807, 2.05) is 12.1 Å². The minimum Gasteiger partial charge on any atom is -0.350 e. The molecule has 0 fully saturated rings. The summed E-state index contributed by atoms with van der Waals surface area (Å²) in [6.45, 7) is 7.61. The Hall–Kier alpha value is -2.51. The van der Waals surface area contributed by atoms with Gasteiger partial charge in [-0.05, 0) is 24.3 Å². The fourth-order valence-electron chi connectivity index (χ4n) is 1.99. The molecule has 8 heteroatoms. The molecule has 0 bridgehead atoms. The summed E-state index contributed by atoms with van der Waals surface area (Å²) in [4.78, 5) is 25.6. The average molecular weight is 392 g/mol. The van der Waals surface area contributed by atoms with Crippen LogP contribution < -0.4 is 10.6 Å². The minimum atomic E-state index is -0.524. The van der Waals surface area contributed by atoms with E-state index >= 15 is 0 Å². The Labute approximate surface area is 160 Å². The van der Waals surface area contributed by atoms with Gasteiger partial charge in [0, 0.05) is 28.8 Å². The van der Waals surface area contributed by atoms with Crippen molar-refractivity contribution in [2.75, 3.05) is 13.1 Å². The highest BCUT2D eigenvalue weighted by Gasteiger charge is 2.27. The lowest BCUT2D eigenvalue weighted by Gasteiger charge is -2.05. The minimum absolute atomic E-state index is 0.120. The van der Waals surface area contributed by atoms with Crippen LogP contribution in [0.2, 0.25) is 5.02 Å². The van der Waals surface area contributed by atoms with Crippen LogP contribution in [0.25, 0.3) is 0 Å². The molecule has 0 aliphatic carbocycles. The topological polar surface area (TPSA) is 84.2 Å². The highest BCUT2D eigenvalue weighted by Crippen LogP contribution is 2.26. The Morgan fingerprint density at radius 2 is 1.73 bits per heavy atom. The van der Waals surface area contributed by atoms with Crippen LogP contribution in [-0.4, -0.2) is 30.1 Å². The molecule has 0 radical (unpaired) electrons. The summed E-state index contributed by atoms with van der Waals surface area (Å²) in [5, 5.41) is 9.78. The summed E-state index contributed by atoms with van der Waals surface area (Å²) in [6.07, 6.45) is 3.08. The molecular formula is C18H18ClN3O3S. The second-order valence-electron chi connectivity index (χ2n) is 5.07. The lowest BCUT2D eigenvalue weighted by atomic mass is 10.1. The highest BCUT2D eigenvalue weighted by molar-refractivity contribution is 7.98. The van der Waals surface area contributed by atoms with Gasteiger partial charge in [-0.1, -0.05) is 28.9 Å². The number of thioether (sulfide) groups is 1. The predicted octanol–water partition coefficient (Wildman–Crippen LogP) is 3.45. The molecule has 1 aromatic heterocycles. The number of carbonyl (C=O) groups excluding carboxylic acids is 2. The monoisotopic (exact) mass is 391 g/mol. The Balaban J connectivity index is 2.23. The average Bonchev–Trinajstić information content (AvgIpc) is 3.07. The molecule has 2 amide bonds.